The van der Waals surface area contributed by atoms with E-state index in [-0.39, 0.29) is 19.3 Å². The van der Waals surface area contributed by atoms with Gasteiger partial charge in [-0.25, -0.2) is 0 Å². The van der Waals surface area contributed by atoms with Gasteiger partial charge in [-0.15, -0.1) is 9.05 Å². The van der Waals surface area contributed by atoms with Crippen LogP contribution in [0.4, 0.5) is 0 Å². The molecule has 0 aromatic rings. The monoisotopic (exact) mass is 968 g/mol. The van der Waals surface area contributed by atoms with Crippen LogP contribution >= 0.6 is 23.4 Å². The van der Waals surface area contributed by atoms with Crippen LogP contribution in [0.25, 0.3) is 0 Å². The number of ether oxygens (including phenoxy) is 4. The van der Waals surface area contributed by atoms with E-state index < -0.39 is 41.7 Å². The second-order valence-corrected chi connectivity index (χ2v) is 22.0. The van der Waals surface area contributed by atoms with E-state index in [0.717, 1.165) is 25.9 Å². The molecule has 3 unspecified atom stereocenters. The van der Waals surface area contributed by atoms with Crippen LogP contribution in [0.1, 0.15) is 219 Å². The van der Waals surface area contributed by atoms with E-state index in [9.17, 15) is 23.7 Å². The number of hydrogen-bond donors (Lipinski definition) is 4. The largest absolute Gasteiger partial charge is 0.697 e. The summed E-state index contributed by atoms with van der Waals surface area (Å²) in [7, 11) is -7.77. The molecular formula is C46H98O14P3+. The summed E-state index contributed by atoms with van der Waals surface area (Å²) in [5.41, 5.74) is -2.77. The van der Waals surface area contributed by atoms with Crippen molar-refractivity contribution in [3.05, 3.63) is 0 Å². The topological polar surface area (TPSA) is 197 Å². The number of aliphatic hydroxyl groups excluding tert-OH is 1. The fourth-order valence-corrected chi connectivity index (χ4v) is 9.57. The third kappa shape index (κ3) is 47.0. The van der Waals surface area contributed by atoms with Gasteiger partial charge in [-0.3, -0.25) is 9.13 Å². The van der Waals surface area contributed by atoms with Gasteiger partial charge in [0, 0.05) is 32.0 Å². The summed E-state index contributed by atoms with van der Waals surface area (Å²) >= 11 is 0. The highest BCUT2D eigenvalue weighted by atomic mass is 31.2. The number of hydrogen-bond acceptors (Lipinski definition) is 11. The maximum absolute atomic E-state index is 11.7. The van der Waals surface area contributed by atoms with Crippen molar-refractivity contribution in [3.63, 3.8) is 0 Å². The molecule has 4 N–H and O–H groups in total. The first-order valence-corrected chi connectivity index (χ1v) is 29.4. The van der Waals surface area contributed by atoms with E-state index in [0.29, 0.717) is 13.2 Å². The number of unbranched alkanes of at least 4 members (excludes halogenated alkanes) is 30. The van der Waals surface area contributed by atoms with Crippen molar-refractivity contribution < 1.29 is 66.0 Å². The van der Waals surface area contributed by atoms with Gasteiger partial charge in [0.15, 0.2) is 0 Å². The highest BCUT2D eigenvalue weighted by Crippen LogP contribution is 2.61. The van der Waals surface area contributed by atoms with Crippen LogP contribution in [0.3, 0.4) is 0 Å². The average Bonchev–Trinajstić information content (AvgIpc) is 3.27. The molecule has 5 atom stereocenters. The van der Waals surface area contributed by atoms with Crippen molar-refractivity contribution >= 4 is 23.4 Å². The van der Waals surface area contributed by atoms with Crippen LogP contribution < -0.4 is 0 Å². The summed E-state index contributed by atoms with van der Waals surface area (Å²) in [5.74, 6) is 0. The number of methoxy groups -OCH3 is 2. The summed E-state index contributed by atoms with van der Waals surface area (Å²) < 4.78 is 69.4. The van der Waals surface area contributed by atoms with E-state index in [4.69, 9.17) is 33.3 Å². The van der Waals surface area contributed by atoms with Gasteiger partial charge in [0.05, 0.1) is 26.9 Å². The zero-order chi connectivity index (χ0) is 47.1. The summed E-state index contributed by atoms with van der Waals surface area (Å²) in [6, 6.07) is 0. The lowest BCUT2D eigenvalue weighted by molar-refractivity contribution is -0.0181. The zero-order valence-electron chi connectivity index (χ0n) is 40.8. The van der Waals surface area contributed by atoms with Crippen LogP contribution in [-0.4, -0.2) is 98.6 Å². The molecule has 0 heterocycles. The Morgan fingerprint density at radius 2 is 0.730 bits per heavy atom. The van der Waals surface area contributed by atoms with E-state index in [1.165, 1.54) is 200 Å². The van der Waals surface area contributed by atoms with Gasteiger partial charge in [0.2, 0.25) is 0 Å². The summed E-state index contributed by atoms with van der Waals surface area (Å²) in [6.07, 6.45) is 41.8. The van der Waals surface area contributed by atoms with E-state index in [1.54, 1.807) is 7.11 Å². The predicted octanol–water partition coefficient (Wildman–Crippen LogP) is 13.5. The SMILES string of the molecule is CCCCCCCCCCCCCCCCCCOC[C@H](COP(=O)(O)C(O)P(=O)(O)O)OC.CCCCCCCCCCCCCCCCCCOC[C@H](CO[P+](=O)OC)OC. The number of rotatable bonds is 49. The molecule has 380 valence electrons. The Hall–Kier alpha value is 0.120. The van der Waals surface area contributed by atoms with Gasteiger partial charge in [-0.2, -0.15) is 0 Å². The Kier molecular flexibility index (Phi) is 50.3. The standard InChI is InChI=1S/C23H50O9P2.C23H48O5P/c1-3-4-5-6-7-8-9-10-11-12-13-14-15-16-17-18-19-31-20-22(30-2)21-32-34(28,29)23(24)33(25,26)27;1-4-5-6-7-8-9-10-11-12-13-14-15-16-17-18-19-20-27-21-23(25-2)22-28-29(24)26-3/h22-24H,3-21H2,1-2H3,(H,28,29)(H2,25,26,27);23H,4-22H2,1-3H3/q;+1/t22-,23?;23-/m11/s1. The highest BCUT2D eigenvalue weighted by molar-refractivity contribution is 7.70. The predicted molar refractivity (Wildman–Crippen MR) is 257 cm³/mol. The molecule has 0 aromatic heterocycles. The Morgan fingerprint density at radius 3 is 1.00 bits per heavy atom. The van der Waals surface area contributed by atoms with Crippen LogP contribution in [0.5, 0.6) is 0 Å². The molecule has 0 bridgehead atoms. The smallest absolute Gasteiger partial charge is 0.379 e. The summed E-state index contributed by atoms with van der Waals surface area (Å²) in [5, 5.41) is 9.26. The molecule has 0 aliphatic heterocycles. The molecule has 0 rings (SSSR count). The van der Waals surface area contributed by atoms with E-state index in [1.807, 2.05) is 0 Å². The Bertz CT molecular complexity index is 1050. The van der Waals surface area contributed by atoms with E-state index in [2.05, 4.69) is 22.9 Å². The van der Waals surface area contributed by atoms with Gasteiger partial charge < -0.3 is 43.3 Å². The van der Waals surface area contributed by atoms with E-state index >= 15 is 0 Å². The van der Waals surface area contributed by atoms with Gasteiger partial charge in [0.1, 0.15) is 18.8 Å². The lowest BCUT2D eigenvalue weighted by Crippen LogP contribution is -2.25. The molecule has 0 aliphatic carbocycles. The third-order valence-corrected chi connectivity index (χ3v) is 15.3. The van der Waals surface area contributed by atoms with Crippen molar-refractivity contribution in [2.24, 2.45) is 0 Å². The Balaban J connectivity index is 0. The maximum atomic E-state index is 11.7. The first-order chi connectivity index (χ1) is 30.4. The first kappa shape index (κ1) is 65.2. The van der Waals surface area contributed by atoms with Gasteiger partial charge in [-0.05, 0) is 12.8 Å². The first-order valence-electron chi connectivity index (χ1n) is 24.9. The highest BCUT2D eigenvalue weighted by Gasteiger charge is 2.44. The fourth-order valence-electron chi connectivity index (χ4n) is 6.95. The molecule has 0 aliphatic rings. The Labute approximate surface area is 386 Å². The van der Waals surface area contributed by atoms with Crippen LogP contribution in [-0.2, 0) is 46.2 Å². The van der Waals surface area contributed by atoms with Gasteiger partial charge in [0.25, 0.3) is 5.59 Å². The molecule has 14 nitrogen and oxygen atoms in total. The van der Waals surface area contributed by atoms with Crippen LogP contribution in [0.15, 0.2) is 0 Å². The average molecular weight is 968 g/mol. The Morgan fingerprint density at radius 1 is 0.444 bits per heavy atom. The number of aliphatic hydroxyl groups is 1. The molecule has 17 heteroatoms. The molecule has 0 aromatic carbocycles. The molecular weight excluding hydrogens is 869 g/mol. The quantitative estimate of drug-likeness (QED) is 0.0332. The molecule has 0 spiro atoms. The van der Waals surface area contributed by atoms with Gasteiger partial charge in [-0.1, -0.05) is 206 Å². The van der Waals surface area contributed by atoms with Crippen molar-refractivity contribution in [2.75, 3.05) is 61.0 Å². The van der Waals surface area contributed by atoms with Crippen molar-refractivity contribution in [1.82, 2.24) is 0 Å². The minimum absolute atomic E-state index is 0.112. The molecule has 0 fully saturated rings. The summed E-state index contributed by atoms with van der Waals surface area (Å²) in [6.45, 7) is 6.17. The molecule has 63 heavy (non-hydrogen) atoms. The zero-order valence-corrected chi connectivity index (χ0v) is 43.5. The minimum atomic E-state index is -5.16. The van der Waals surface area contributed by atoms with Crippen molar-refractivity contribution in [1.29, 1.82) is 0 Å². The maximum Gasteiger partial charge on any atom is 0.697 e. The molecule has 0 saturated carbocycles. The van der Waals surface area contributed by atoms with Crippen molar-refractivity contribution in [2.45, 2.75) is 237 Å². The normalized spacial score (nSPS) is 14.5. The lowest BCUT2D eigenvalue weighted by atomic mass is 10.0. The fraction of sp³-hybridized carbons (Fsp3) is 1.00. The van der Waals surface area contributed by atoms with Crippen LogP contribution in [0.2, 0.25) is 0 Å². The van der Waals surface area contributed by atoms with Crippen molar-refractivity contribution in [3.8, 4) is 0 Å². The summed E-state index contributed by atoms with van der Waals surface area (Å²) in [4.78, 5) is 27.1. The molecule has 0 saturated heterocycles. The molecule has 0 radical (unpaired) electrons. The van der Waals surface area contributed by atoms with Crippen LogP contribution in [0, 0.1) is 0 Å². The third-order valence-electron chi connectivity index (χ3n) is 11.1. The second kappa shape index (κ2) is 48.6. The van der Waals surface area contributed by atoms with Gasteiger partial charge >= 0.3 is 23.4 Å². The lowest BCUT2D eigenvalue weighted by Gasteiger charge is -2.21. The molecule has 0 amide bonds. The second-order valence-electron chi connectivity index (χ2n) is 17.0. The minimum Gasteiger partial charge on any atom is -0.379 e.